The first-order valence-corrected chi connectivity index (χ1v) is 5.93. The van der Waals surface area contributed by atoms with Crippen molar-refractivity contribution < 1.29 is 20.1 Å². The number of carbonyl (C=O) groups is 1. The maximum atomic E-state index is 11.3. The number of carboxylic acids is 1. The van der Waals surface area contributed by atoms with Crippen LogP contribution in [0.1, 0.15) is 17.0 Å². The van der Waals surface area contributed by atoms with Crippen molar-refractivity contribution in [1.82, 2.24) is 4.90 Å². The summed E-state index contributed by atoms with van der Waals surface area (Å²) in [6, 6.07) is 7.47. The molecule has 0 aromatic heterocycles. The average molecular weight is 251 g/mol. The van der Waals surface area contributed by atoms with Gasteiger partial charge in [-0.15, -0.1) is 0 Å². The summed E-state index contributed by atoms with van der Waals surface area (Å²) in [6.45, 7) is 0.949. The zero-order valence-electron chi connectivity index (χ0n) is 9.99. The van der Waals surface area contributed by atoms with Gasteiger partial charge in [0.05, 0.1) is 18.6 Å². The third-order valence-corrected chi connectivity index (χ3v) is 3.24. The SMILES string of the molecule is O=C(O)C1CN(CC(O)CO)Cc2ccccc21. The Morgan fingerprint density at radius 2 is 2.17 bits per heavy atom. The van der Waals surface area contributed by atoms with E-state index in [4.69, 9.17) is 5.11 Å². The lowest BCUT2D eigenvalue weighted by Gasteiger charge is -2.33. The van der Waals surface area contributed by atoms with Crippen LogP contribution in [0.2, 0.25) is 0 Å². The van der Waals surface area contributed by atoms with Crippen molar-refractivity contribution >= 4 is 5.97 Å². The molecule has 1 aromatic carbocycles. The van der Waals surface area contributed by atoms with Gasteiger partial charge in [-0.2, -0.15) is 0 Å². The van der Waals surface area contributed by atoms with Crippen molar-refractivity contribution in [2.75, 3.05) is 19.7 Å². The lowest BCUT2D eigenvalue weighted by molar-refractivity contribution is -0.139. The Bertz CT molecular complexity index is 435. The quantitative estimate of drug-likeness (QED) is 0.703. The van der Waals surface area contributed by atoms with Gasteiger partial charge in [0.2, 0.25) is 0 Å². The Morgan fingerprint density at radius 3 is 2.83 bits per heavy atom. The first-order valence-electron chi connectivity index (χ1n) is 5.93. The van der Waals surface area contributed by atoms with Gasteiger partial charge in [0, 0.05) is 19.6 Å². The van der Waals surface area contributed by atoms with E-state index in [9.17, 15) is 15.0 Å². The number of aliphatic carboxylic acids is 1. The van der Waals surface area contributed by atoms with Gasteiger partial charge < -0.3 is 15.3 Å². The number of aliphatic hydroxyl groups is 2. The zero-order chi connectivity index (χ0) is 13.1. The predicted octanol–water partition coefficient (Wildman–Crippen LogP) is 0.0236. The van der Waals surface area contributed by atoms with Crippen molar-refractivity contribution in [3.8, 4) is 0 Å². The summed E-state index contributed by atoms with van der Waals surface area (Å²) < 4.78 is 0. The maximum Gasteiger partial charge on any atom is 0.312 e. The van der Waals surface area contributed by atoms with Crippen LogP contribution < -0.4 is 0 Å². The van der Waals surface area contributed by atoms with E-state index in [-0.39, 0.29) is 13.2 Å². The molecule has 5 heteroatoms. The van der Waals surface area contributed by atoms with Crippen LogP contribution in [0.5, 0.6) is 0 Å². The van der Waals surface area contributed by atoms with E-state index in [2.05, 4.69) is 0 Å². The molecule has 0 bridgehead atoms. The molecule has 0 aliphatic carbocycles. The molecule has 2 unspecified atom stereocenters. The second kappa shape index (κ2) is 5.48. The number of aliphatic hydroxyl groups excluding tert-OH is 2. The van der Waals surface area contributed by atoms with Crippen LogP contribution in [0.25, 0.3) is 0 Å². The van der Waals surface area contributed by atoms with E-state index in [1.165, 1.54) is 0 Å². The number of benzene rings is 1. The van der Waals surface area contributed by atoms with E-state index in [1.54, 1.807) is 0 Å². The van der Waals surface area contributed by atoms with Crippen LogP contribution >= 0.6 is 0 Å². The van der Waals surface area contributed by atoms with Crippen molar-refractivity contribution in [3.63, 3.8) is 0 Å². The molecule has 1 aromatic rings. The highest BCUT2D eigenvalue weighted by molar-refractivity contribution is 5.77. The van der Waals surface area contributed by atoms with Gasteiger partial charge in [0.15, 0.2) is 0 Å². The third-order valence-electron chi connectivity index (χ3n) is 3.24. The number of rotatable bonds is 4. The van der Waals surface area contributed by atoms with Gasteiger partial charge in [-0.25, -0.2) is 0 Å². The minimum Gasteiger partial charge on any atom is -0.481 e. The highest BCUT2D eigenvalue weighted by Crippen LogP contribution is 2.28. The molecule has 1 aliphatic heterocycles. The molecular formula is C13H17NO4. The third kappa shape index (κ3) is 2.69. The Labute approximate surface area is 105 Å². The molecule has 0 saturated carbocycles. The smallest absolute Gasteiger partial charge is 0.312 e. The molecule has 0 saturated heterocycles. The minimum atomic E-state index is -0.856. The average Bonchev–Trinajstić information content (AvgIpc) is 2.37. The molecule has 2 rings (SSSR count). The van der Waals surface area contributed by atoms with Crippen LogP contribution in [-0.4, -0.2) is 52.0 Å². The number of fused-ring (bicyclic) bond motifs is 1. The number of nitrogens with zero attached hydrogens (tertiary/aromatic N) is 1. The fourth-order valence-electron chi connectivity index (χ4n) is 2.39. The molecule has 0 amide bonds. The number of β-amino-alcohol motifs (C(OH)–C–C–N with tert-alkyl or cyclic N) is 1. The van der Waals surface area contributed by atoms with Gasteiger partial charge >= 0.3 is 5.97 Å². The standard InChI is InChI=1S/C13H17NO4/c15-8-10(16)6-14-5-9-3-1-2-4-11(9)12(7-14)13(17)18/h1-4,10,12,15-16H,5-8H2,(H,17,18). The molecular weight excluding hydrogens is 234 g/mol. The molecule has 18 heavy (non-hydrogen) atoms. The van der Waals surface area contributed by atoms with Crippen LogP contribution in [0, 0.1) is 0 Å². The first-order chi connectivity index (χ1) is 8.61. The lowest BCUT2D eigenvalue weighted by Crippen LogP contribution is -2.41. The normalized spacial score (nSPS) is 21.3. The first kappa shape index (κ1) is 13.0. The van der Waals surface area contributed by atoms with Gasteiger partial charge in [-0.3, -0.25) is 9.69 Å². The summed E-state index contributed by atoms with van der Waals surface area (Å²) >= 11 is 0. The molecule has 98 valence electrons. The van der Waals surface area contributed by atoms with Gasteiger partial charge in [-0.1, -0.05) is 24.3 Å². The maximum absolute atomic E-state index is 11.3. The minimum absolute atomic E-state index is 0.286. The van der Waals surface area contributed by atoms with Crippen LogP contribution in [0.4, 0.5) is 0 Å². The van der Waals surface area contributed by atoms with E-state index in [0.717, 1.165) is 11.1 Å². The topological polar surface area (TPSA) is 81.0 Å². The highest BCUT2D eigenvalue weighted by Gasteiger charge is 2.30. The monoisotopic (exact) mass is 251 g/mol. The van der Waals surface area contributed by atoms with Crippen molar-refractivity contribution in [1.29, 1.82) is 0 Å². The number of hydrogen-bond acceptors (Lipinski definition) is 4. The van der Waals surface area contributed by atoms with Crippen molar-refractivity contribution in [2.24, 2.45) is 0 Å². The summed E-state index contributed by atoms with van der Waals surface area (Å²) in [4.78, 5) is 13.1. The fourth-order valence-corrected chi connectivity index (χ4v) is 2.39. The summed E-state index contributed by atoms with van der Waals surface area (Å²) in [5, 5.41) is 27.5. The van der Waals surface area contributed by atoms with Crippen LogP contribution in [0.3, 0.4) is 0 Å². The van der Waals surface area contributed by atoms with E-state index in [1.807, 2.05) is 29.2 Å². The molecule has 3 N–H and O–H groups in total. The van der Waals surface area contributed by atoms with Crippen molar-refractivity contribution in [3.05, 3.63) is 35.4 Å². The van der Waals surface area contributed by atoms with Gasteiger partial charge in [0.1, 0.15) is 0 Å². The molecule has 2 atom stereocenters. The van der Waals surface area contributed by atoms with Crippen molar-refractivity contribution in [2.45, 2.75) is 18.6 Å². The molecule has 5 nitrogen and oxygen atoms in total. The van der Waals surface area contributed by atoms with E-state index < -0.39 is 18.0 Å². The number of carboxylic acid groups (broad SMARTS) is 1. The summed E-state index contributed by atoms with van der Waals surface area (Å²) in [6.07, 6.45) is -0.829. The Hall–Kier alpha value is -1.43. The molecule has 0 radical (unpaired) electrons. The molecule has 1 heterocycles. The Balaban J connectivity index is 2.20. The fraction of sp³-hybridized carbons (Fsp3) is 0.462. The lowest BCUT2D eigenvalue weighted by atomic mass is 9.89. The van der Waals surface area contributed by atoms with Crippen LogP contribution in [-0.2, 0) is 11.3 Å². The van der Waals surface area contributed by atoms with E-state index >= 15 is 0 Å². The predicted molar refractivity (Wildman–Crippen MR) is 65.2 cm³/mol. The zero-order valence-corrected chi connectivity index (χ0v) is 9.99. The van der Waals surface area contributed by atoms with E-state index in [0.29, 0.717) is 13.1 Å². The highest BCUT2D eigenvalue weighted by atomic mass is 16.4. The largest absolute Gasteiger partial charge is 0.481 e. The summed E-state index contributed by atoms with van der Waals surface area (Å²) in [5.74, 6) is -1.42. The molecule has 0 spiro atoms. The number of hydrogen-bond donors (Lipinski definition) is 3. The second-order valence-corrected chi connectivity index (χ2v) is 4.62. The summed E-state index contributed by atoms with van der Waals surface area (Å²) in [7, 11) is 0. The summed E-state index contributed by atoms with van der Waals surface area (Å²) in [5.41, 5.74) is 1.82. The van der Waals surface area contributed by atoms with Gasteiger partial charge in [0.25, 0.3) is 0 Å². The molecule has 1 aliphatic rings. The second-order valence-electron chi connectivity index (χ2n) is 4.62. The van der Waals surface area contributed by atoms with Crippen LogP contribution in [0.15, 0.2) is 24.3 Å². The molecule has 0 fully saturated rings. The Morgan fingerprint density at radius 1 is 1.44 bits per heavy atom. The van der Waals surface area contributed by atoms with Gasteiger partial charge in [-0.05, 0) is 11.1 Å². The Kier molecular flexibility index (Phi) is 3.96.